The van der Waals surface area contributed by atoms with Crippen molar-refractivity contribution in [1.82, 2.24) is 15.0 Å². The molecule has 0 unspecified atom stereocenters. The maximum absolute atomic E-state index is 12.1. The zero-order valence-electron chi connectivity index (χ0n) is 10.2. The summed E-state index contributed by atoms with van der Waals surface area (Å²) in [4.78, 5) is 13.5. The van der Waals surface area contributed by atoms with E-state index in [1.165, 1.54) is 0 Å². The molecule has 1 aromatic rings. The Balaban J connectivity index is 2.15. The molecule has 1 atom stereocenters. The van der Waals surface area contributed by atoms with E-state index in [2.05, 4.69) is 15.0 Å². The fourth-order valence-electron chi connectivity index (χ4n) is 1.68. The molecule has 0 radical (unpaired) electrons. The minimum absolute atomic E-state index is 0.0650. The lowest BCUT2D eigenvalue weighted by atomic mass is 10.3. The molecule has 0 aliphatic carbocycles. The number of nitrogens with zero attached hydrogens (tertiary/aromatic N) is 4. The van der Waals surface area contributed by atoms with Gasteiger partial charge in [0.1, 0.15) is 0 Å². The van der Waals surface area contributed by atoms with E-state index in [1.54, 1.807) is 0 Å². The Bertz CT molecular complexity index is 438. The Hall–Kier alpha value is -1.28. The largest absolute Gasteiger partial charge is 0.457 e. The molecule has 0 N–H and O–H groups in total. The quantitative estimate of drug-likeness (QED) is 0.836. The van der Waals surface area contributed by atoms with E-state index in [-0.39, 0.29) is 17.3 Å². The summed E-state index contributed by atoms with van der Waals surface area (Å²) in [6, 6.07) is -0.135. The number of aromatic nitrogens is 3. The standard InChI is InChI=1S/C10H13ClF2N4O2/c1-6-4-18-3-2-17(6)9-14-8(11)15-10(16-9)19-5-7(12)13/h6-7H,2-5H2,1H3/t6-/m1/s1. The second-order valence-electron chi connectivity index (χ2n) is 4.01. The van der Waals surface area contributed by atoms with E-state index in [4.69, 9.17) is 21.1 Å². The van der Waals surface area contributed by atoms with Crippen molar-refractivity contribution in [3.63, 3.8) is 0 Å². The minimum Gasteiger partial charge on any atom is -0.457 e. The summed E-state index contributed by atoms with van der Waals surface area (Å²) >= 11 is 5.74. The Morgan fingerprint density at radius 2 is 2.26 bits per heavy atom. The number of ether oxygens (including phenoxy) is 2. The van der Waals surface area contributed by atoms with Crippen molar-refractivity contribution in [2.75, 3.05) is 31.3 Å². The van der Waals surface area contributed by atoms with Gasteiger partial charge in [-0.05, 0) is 18.5 Å². The van der Waals surface area contributed by atoms with Crippen LogP contribution in [0.1, 0.15) is 6.92 Å². The lowest BCUT2D eigenvalue weighted by Gasteiger charge is -2.33. The van der Waals surface area contributed by atoms with Gasteiger partial charge in [-0.2, -0.15) is 15.0 Å². The summed E-state index contributed by atoms with van der Waals surface area (Å²) in [5.74, 6) is 0.306. The van der Waals surface area contributed by atoms with Crippen molar-refractivity contribution < 1.29 is 18.3 Å². The van der Waals surface area contributed by atoms with Gasteiger partial charge in [-0.1, -0.05) is 0 Å². The fraction of sp³-hybridized carbons (Fsp3) is 0.700. The van der Waals surface area contributed by atoms with E-state index < -0.39 is 13.0 Å². The molecular formula is C10H13ClF2N4O2. The second kappa shape index (κ2) is 6.25. The van der Waals surface area contributed by atoms with E-state index in [1.807, 2.05) is 11.8 Å². The van der Waals surface area contributed by atoms with Gasteiger partial charge in [0.2, 0.25) is 11.2 Å². The van der Waals surface area contributed by atoms with Gasteiger partial charge >= 0.3 is 6.01 Å². The highest BCUT2D eigenvalue weighted by Crippen LogP contribution is 2.19. The summed E-state index contributed by atoms with van der Waals surface area (Å²) in [7, 11) is 0. The zero-order valence-corrected chi connectivity index (χ0v) is 11.0. The summed E-state index contributed by atoms with van der Waals surface area (Å²) < 4.78 is 34.2. The fourth-order valence-corrected chi connectivity index (χ4v) is 1.82. The lowest BCUT2D eigenvalue weighted by molar-refractivity contribution is 0.0766. The Morgan fingerprint density at radius 3 is 2.95 bits per heavy atom. The van der Waals surface area contributed by atoms with E-state index in [9.17, 15) is 8.78 Å². The summed E-state index contributed by atoms with van der Waals surface area (Å²) in [5, 5.41) is -0.0899. The van der Waals surface area contributed by atoms with Crippen LogP contribution in [0, 0.1) is 0 Å². The van der Waals surface area contributed by atoms with Crippen LogP contribution in [-0.4, -0.2) is 53.8 Å². The molecule has 9 heteroatoms. The molecule has 6 nitrogen and oxygen atoms in total. The first-order valence-corrected chi connectivity index (χ1v) is 6.11. The van der Waals surface area contributed by atoms with Gasteiger partial charge in [-0.25, -0.2) is 8.78 Å². The zero-order chi connectivity index (χ0) is 13.8. The highest BCUT2D eigenvalue weighted by molar-refractivity contribution is 6.28. The third-order valence-electron chi connectivity index (χ3n) is 2.54. The van der Waals surface area contributed by atoms with Crippen molar-refractivity contribution in [1.29, 1.82) is 0 Å². The Morgan fingerprint density at radius 1 is 1.47 bits per heavy atom. The van der Waals surface area contributed by atoms with Crippen LogP contribution in [0.25, 0.3) is 0 Å². The van der Waals surface area contributed by atoms with Crippen molar-refractivity contribution >= 4 is 17.5 Å². The molecule has 0 amide bonds. The number of anilines is 1. The van der Waals surface area contributed by atoms with Crippen LogP contribution in [0.3, 0.4) is 0 Å². The van der Waals surface area contributed by atoms with Crippen LogP contribution in [0.4, 0.5) is 14.7 Å². The van der Waals surface area contributed by atoms with Crippen molar-refractivity contribution in [2.45, 2.75) is 19.4 Å². The Kier molecular flexibility index (Phi) is 4.65. The predicted molar refractivity (Wildman–Crippen MR) is 64.0 cm³/mol. The van der Waals surface area contributed by atoms with Gasteiger partial charge in [0, 0.05) is 6.54 Å². The summed E-state index contributed by atoms with van der Waals surface area (Å²) in [5.41, 5.74) is 0. The topological polar surface area (TPSA) is 60.4 Å². The Labute approximate surface area is 113 Å². The number of rotatable bonds is 4. The van der Waals surface area contributed by atoms with Crippen molar-refractivity contribution in [2.24, 2.45) is 0 Å². The van der Waals surface area contributed by atoms with Gasteiger partial charge in [0.05, 0.1) is 19.3 Å². The van der Waals surface area contributed by atoms with Crippen LogP contribution in [0.2, 0.25) is 5.28 Å². The van der Waals surface area contributed by atoms with Gasteiger partial charge in [0.25, 0.3) is 6.43 Å². The first-order chi connectivity index (χ1) is 9.06. The number of halogens is 3. The van der Waals surface area contributed by atoms with Crippen molar-refractivity contribution in [3.05, 3.63) is 5.28 Å². The highest BCUT2D eigenvalue weighted by atomic mass is 35.5. The van der Waals surface area contributed by atoms with Crippen LogP contribution >= 0.6 is 11.6 Å². The molecule has 1 aromatic heterocycles. The molecule has 0 saturated carbocycles. The third-order valence-corrected chi connectivity index (χ3v) is 2.71. The minimum atomic E-state index is -2.60. The molecule has 0 bridgehead atoms. The van der Waals surface area contributed by atoms with Crippen LogP contribution in [0.5, 0.6) is 6.01 Å². The number of morpholine rings is 1. The van der Waals surface area contributed by atoms with Crippen molar-refractivity contribution in [3.8, 4) is 6.01 Å². The second-order valence-corrected chi connectivity index (χ2v) is 4.34. The first kappa shape index (κ1) is 14.1. The van der Waals surface area contributed by atoms with E-state index in [0.717, 1.165) is 0 Å². The lowest BCUT2D eigenvalue weighted by Crippen LogP contribution is -2.44. The van der Waals surface area contributed by atoms with E-state index >= 15 is 0 Å². The number of hydrogen-bond donors (Lipinski definition) is 0. The van der Waals surface area contributed by atoms with Gasteiger partial charge in [-0.3, -0.25) is 0 Å². The molecule has 2 rings (SSSR count). The molecule has 1 aliphatic rings. The smallest absolute Gasteiger partial charge is 0.322 e. The third kappa shape index (κ3) is 3.84. The molecule has 106 valence electrons. The molecule has 1 aliphatic heterocycles. The molecule has 1 saturated heterocycles. The monoisotopic (exact) mass is 294 g/mol. The molecule has 19 heavy (non-hydrogen) atoms. The number of hydrogen-bond acceptors (Lipinski definition) is 6. The first-order valence-electron chi connectivity index (χ1n) is 5.73. The number of alkyl halides is 2. The van der Waals surface area contributed by atoms with Gasteiger partial charge < -0.3 is 14.4 Å². The molecule has 1 fully saturated rings. The van der Waals surface area contributed by atoms with E-state index in [0.29, 0.717) is 25.7 Å². The highest BCUT2D eigenvalue weighted by Gasteiger charge is 2.23. The molecule has 2 heterocycles. The summed E-state index contributed by atoms with van der Waals surface area (Å²) in [6.07, 6.45) is -2.60. The summed E-state index contributed by atoms with van der Waals surface area (Å²) in [6.45, 7) is 2.84. The SMILES string of the molecule is C[C@@H]1COCCN1c1nc(Cl)nc(OCC(F)F)n1. The van der Waals surface area contributed by atoms with Gasteiger partial charge in [0.15, 0.2) is 6.61 Å². The van der Waals surface area contributed by atoms with Crippen LogP contribution < -0.4 is 9.64 Å². The van der Waals surface area contributed by atoms with Crippen LogP contribution in [-0.2, 0) is 4.74 Å². The average molecular weight is 295 g/mol. The molecular weight excluding hydrogens is 282 g/mol. The molecule has 0 spiro atoms. The average Bonchev–Trinajstić information content (AvgIpc) is 2.36. The normalized spacial score (nSPS) is 19.8. The predicted octanol–water partition coefficient (Wildman–Crippen LogP) is 1.39. The van der Waals surface area contributed by atoms with Crippen LogP contribution in [0.15, 0.2) is 0 Å². The maximum atomic E-state index is 12.1. The maximum Gasteiger partial charge on any atom is 0.322 e. The van der Waals surface area contributed by atoms with Gasteiger partial charge in [-0.15, -0.1) is 0 Å². The molecule has 0 aromatic carbocycles.